The molecule has 1 aliphatic heterocycles. The van der Waals surface area contributed by atoms with E-state index in [1.54, 1.807) is 27.8 Å². The number of thioether (sulfide) groups is 1. The van der Waals surface area contributed by atoms with E-state index in [1.807, 2.05) is 36.4 Å². The van der Waals surface area contributed by atoms with E-state index in [2.05, 4.69) is 11.4 Å². The van der Waals surface area contributed by atoms with Crippen LogP contribution in [0.25, 0.3) is 0 Å². The van der Waals surface area contributed by atoms with E-state index < -0.39 is 22.5 Å². The average molecular weight is 368 g/mol. The van der Waals surface area contributed by atoms with Crippen LogP contribution in [0.5, 0.6) is 0 Å². The van der Waals surface area contributed by atoms with Gasteiger partial charge in [-0.25, -0.2) is 0 Å². The molecule has 2 unspecified atom stereocenters. The fraction of sp³-hybridized carbons (Fsp3) is 0.368. The Bertz CT molecular complexity index is 833. The number of rotatable bonds is 4. The molecular formula is C19H20N4O2S. The lowest BCUT2D eigenvalue weighted by molar-refractivity contribution is -0.125. The van der Waals surface area contributed by atoms with E-state index in [0.29, 0.717) is 10.6 Å². The molecular weight excluding hydrogens is 348 g/mol. The quantitative estimate of drug-likeness (QED) is 0.881. The second-order valence-corrected chi connectivity index (χ2v) is 7.93. The minimum Gasteiger partial charge on any atom is -0.319 e. The van der Waals surface area contributed by atoms with Crippen molar-refractivity contribution in [3.63, 3.8) is 0 Å². The summed E-state index contributed by atoms with van der Waals surface area (Å²) >= 11 is 1.13. The van der Waals surface area contributed by atoms with Crippen LogP contribution in [0.1, 0.15) is 20.8 Å². The van der Waals surface area contributed by atoms with Crippen molar-refractivity contribution in [3.05, 3.63) is 40.9 Å². The van der Waals surface area contributed by atoms with E-state index in [4.69, 9.17) is 0 Å². The Morgan fingerprint density at radius 3 is 2.46 bits per heavy atom. The van der Waals surface area contributed by atoms with Crippen molar-refractivity contribution >= 4 is 29.3 Å². The number of nitriles is 2. The summed E-state index contributed by atoms with van der Waals surface area (Å²) in [7, 11) is 1.68. The molecule has 0 bridgehead atoms. The number of benzene rings is 1. The zero-order valence-corrected chi connectivity index (χ0v) is 15.9. The molecule has 1 aliphatic rings. The highest BCUT2D eigenvalue weighted by molar-refractivity contribution is 8.04. The molecule has 7 heteroatoms. The molecule has 0 saturated heterocycles. The third-order valence-corrected chi connectivity index (χ3v) is 5.55. The minimum absolute atomic E-state index is 0.152. The zero-order valence-electron chi connectivity index (χ0n) is 15.1. The van der Waals surface area contributed by atoms with E-state index in [0.717, 1.165) is 17.4 Å². The summed E-state index contributed by atoms with van der Waals surface area (Å²) in [6.45, 7) is 5.12. The average Bonchev–Trinajstić information content (AvgIpc) is 2.60. The number of allylic oxidation sites excluding steroid dienone is 1. The van der Waals surface area contributed by atoms with Gasteiger partial charge in [0, 0.05) is 18.2 Å². The summed E-state index contributed by atoms with van der Waals surface area (Å²) in [4.78, 5) is 26.5. The molecule has 2 atom stereocenters. The number of hydrogen-bond donors (Lipinski definition) is 1. The largest absolute Gasteiger partial charge is 0.319 e. The second kappa shape index (κ2) is 7.63. The van der Waals surface area contributed by atoms with Crippen LogP contribution < -0.4 is 10.2 Å². The van der Waals surface area contributed by atoms with E-state index in [9.17, 15) is 20.1 Å². The van der Waals surface area contributed by atoms with Gasteiger partial charge < -0.3 is 10.2 Å². The predicted octanol–water partition coefficient (Wildman–Crippen LogP) is 2.80. The van der Waals surface area contributed by atoms with Gasteiger partial charge in [0.15, 0.2) is 0 Å². The number of carbonyl (C=O) groups excluding carboxylic acids is 2. The first-order valence-corrected chi connectivity index (χ1v) is 8.96. The third-order valence-electron chi connectivity index (χ3n) is 4.45. The Labute approximate surface area is 157 Å². The van der Waals surface area contributed by atoms with Gasteiger partial charge in [-0.2, -0.15) is 10.5 Å². The zero-order chi connectivity index (χ0) is 19.5. The van der Waals surface area contributed by atoms with Gasteiger partial charge in [0.2, 0.25) is 11.8 Å². The van der Waals surface area contributed by atoms with Crippen molar-refractivity contribution in [1.29, 1.82) is 10.5 Å². The monoisotopic (exact) mass is 368 g/mol. The van der Waals surface area contributed by atoms with Crippen LogP contribution in [0.4, 0.5) is 5.69 Å². The molecule has 0 aromatic heterocycles. The van der Waals surface area contributed by atoms with Gasteiger partial charge in [-0.15, -0.1) is 0 Å². The lowest BCUT2D eigenvalue weighted by Crippen LogP contribution is -2.45. The standard InChI is InChI=1S/C19H20N4O2S/c1-12(18(25)23(4)13-8-6-5-7-9-13)26-17-15(11-21)19(2,3)14(10-20)16(24)22-17/h5-9,12,14H,1-4H3,(H,22,24). The number of nitrogens with one attached hydrogen (secondary N) is 1. The molecule has 26 heavy (non-hydrogen) atoms. The molecule has 0 fully saturated rings. The maximum atomic E-state index is 12.7. The van der Waals surface area contributed by atoms with Crippen LogP contribution in [-0.4, -0.2) is 24.1 Å². The summed E-state index contributed by atoms with van der Waals surface area (Å²) in [5.74, 6) is -1.55. The SMILES string of the molecule is CC(SC1=C(C#N)C(C)(C)C(C#N)C(=O)N1)C(=O)N(C)c1ccccc1. The normalized spacial score (nSPS) is 19.8. The number of anilines is 1. The smallest absolute Gasteiger partial charge is 0.243 e. The van der Waals surface area contributed by atoms with E-state index in [1.165, 1.54) is 4.90 Å². The Balaban J connectivity index is 2.27. The fourth-order valence-electron chi connectivity index (χ4n) is 2.79. The van der Waals surface area contributed by atoms with Crippen molar-refractivity contribution in [3.8, 4) is 12.1 Å². The van der Waals surface area contributed by atoms with Crippen molar-refractivity contribution in [2.45, 2.75) is 26.0 Å². The van der Waals surface area contributed by atoms with Gasteiger partial charge in [-0.3, -0.25) is 9.59 Å². The van der Waals surface area contributed by atoms with Gasteiger partial charge >= 0.3 is 0 Å². The van der Waals surface area contributed by atoms with Crippen LogP contribution in [0, 0.1) is 34.0 Å². The number of carbonyl (C=O) groups is 2. The minimum atomic E-state index is -0.945. The maximum Gasteiger partial charge on any atom is 0.243 e. The molecule has 134 valence electrons. The lowest BCUT2D eigenvalue weighted by atomic mass is 9.72. The highest BCUT2D eigenvalue weighted by Crippen LogP contribution is 2.42. The Morgan fingerprint density at radius 1 is 1.31 bits per heavy atom. The molecule has 1 heterocycles. The molecule has 2 amide bonds. The van der Waals surface area contributed by atoms with Gasteiger partial charge in [0.05, 0.1) is 28.0 Å². The molecule has 0 saturated carbocycles. The maximum absolute atomic E-state index is 12.7. The van der Waals surface area contributed by atoms with Crippen molar-refractivity contribution < 1.29 is 9.59 Å². The number of nitrogens with zero attached hydrogens (tertiary/aromatic N) is 3. The van der Waals surface area contributed by atoms with Crippen molar-refractivity contribution in [1.82, 2.24) is 5.32 Å². The molecule has 6 nitrogen and oxygen atoms in total. The van der Waals surface area contributed by atoms with E-state index in [-0.39, 0.29) is 5.91 Å². The van der Waals surface area contributed by atoms with Gasteiger partial charge in [0.25, 0.3) is 0 Å². The third kappa shape index (κ3) is 3.58. The van der Waals surface area contributed by atoms with Gasteiger partial charge in [-0.05, 0) is 19.1 Å². The number of para-hydroxylation sites is 1. The highest BCUT2D eigenvalue weighted by atomic mass is 32.2. The van der Waals surface area contributed by atoms with Crippen LogP contribution >= 0.6 is 11.8 Å². The predicted molar refractivity (Wildman–Crippen MR) is 101 cm³/mol. The summed E-state index contributed by atoms with van der Waals surface area (Å²) in [5, 5.41) is 21.3. The van der Waals surface area contributed by atoms with Crippen LogP contribution in [0.2, 0.25) is 0 Å². The van der Waals surface area contributed by atoms with Gasteiger partial charge in [-0.1, -0.05) is 43.8 Å². The van der Waals surface area contributed by atoms with E-state index >= 15 is 0 Å². The molecule has 0 spiro atoms. The number of hydrogen-bond acceptors (Lipinski definition) is 5. The first-order valence-electron chi connectivity index (χ1n) is 8.08. The number of amides is 2. The first kappa shape index (κ1) is 19.6. The Kier molecular flexibility index (Phi) is 5.74. The molecule has 1 aromatic rings. The molecule has 0 radical (unpaired) electrons. The highest BCUT2D eigenvalue weighted by Gasteiger charge is 2.45. The second-order valence-electron chi connectivity index (χ2n) is 6.58. The Hall–Kier alpha value is -2.77. The van der Waals surface area contributed by atoms with Crippen LogP contribution in [0.3, 0.4) is 0 Å². The van der Waals surface area contributed by atoms with Crippen LogP contribution in [0.15, 0.2) is 40.9 Å². The topological polar surface area (TPSA) is 97.0 Å². The first-order chi connectivity index (χ1) is 12.2. The van der Waals surface area contributed by atoms with Crippen LogP contribution in [-0.2, 0) is 9.59 Å². The fourth-order valence-corrected chi connectivity index (χ4v) is 3.99. The molecule has 0 aliphatic carbocycles. The van der Waals surface area contributed by atoms with Gasteiger partial charge in [0.1, 0.15) is 5.92 Å². The summed E-state index contributed by atoms with van der Waals surface area (Å²) < 4.78 is 0. The van der Waals surface area contributed by atoms with Crippen molar-refractivity contribution in [2.75, 3.05) is 11.9 Å². The Morgan fingerprint density at radius 2 is 1.92 bits per heavy atom. The summed E-state index contributed by atoms with van der Waals surface area (Å²) in [6, 6.07) is 13.3. The lowest BCUT2D eigenvalue weighted by Gasteiger charge is -2.35. The molecule has 1 aromatic carbocycles. The summed E-state index contributed by atoms with van der Waals surface area (Å²) in [6.07, 6.45) is 0. The summed E-state index contributed by atoms with van der Waals surface area (Å²) in [5.41, 5.74) is 0.162. The molecule has 2 rings (SSSR count). The molecule has 1 N–H and O–H groups in total. The van der Waals surface area contributed by atoms with Crippen molar-refractivity contribution in [2.24, 2.45) is 11.3 Å².